The summed E-state index contributed by atoms with van der Waals surface area (Å²) >= 11 is 0. The van der Waals surface area contributed by atoms with Crippen LogP contribution in [0.2, 0.25) is 0 Å². The van der Waals surface area contributed by atoms with Crippen molar-refractivity contribution in [1.29, 1.82) is 0 Å². The second-order valence-corrected chi connectivity index (χ2v) is 18.9. The van der Waals surface area contributed by atoms with E-state index in [-0.39, 0.29) is 21.7 Å². The lowest BCUT2D eigenvalue weighted by Gasteiger charge is -2.23. The molecule has 0 aromatic heterocycles. The van der Waals surface area contributed by atoms with Crippen LogP contribution in [0.15, 0.2) is 133 Å². The molecular formula is C52H58. The molecule has 0 amide bonds. The summed E-state index contributed by atoms with van der Waals surface area (Å²) in [6.45, 7) is 27.6. The Morgan fingerprint density at radius 2 is 0.404 bits per heavy atom. The van der Waals surface area contributed by atoms with Crippen molar-refractivity contribution in [2.24, 2.45) is 0 Å². The maximum atomic E-state index is 2.39. The third-order valence-corrected chi connectivity index (χ3v) is 10.4. The number of benzene rings is 6. The second-order valence-electron chi connectivity index (χ2n) is 18.9. The van der Waals surface area contributed by atoms with Crippen molar-refractivity contribution < 1.29 is 0 Å². The second kappa shape index (κ2) is 13.7. The molecule has 0 aliphatic rings. The zero-order chi connectivity index (χ0) is 37.6. The number of rotatable bonds is 5. The van der Waals surface area contributed by atoms with Gasteiger partial charge < -0.3 is 0 Å². The fourth-order valence-electron chi connectivity index (χ4n) is 6.88. The minimum atomic E-state index is 0.0207. The van der Waals surface area contributed by atoms with Gasteiger partial charge in [0.2, 0.25) is 0 Å². The molecule has 0 heteroatoms. The van der Waals surface area contributed by atoms with Gasteiger partial charge in [0.15, 0.2) is 0 Å². The SMILES string of the molecule is CC(C)(C)c1cccc(-c2cc(-c3cccc(-c4cccc(-c5cc(-c6cccc(C(C)(C)C)c6)cc(C(C)(C)C)c5)c4)c3)cc(C(C)(C)C)c2)c1. The van der Waals surface area contributed by atoms with E-state index in [0.29, 0.717) is 0 Å². The maximum absolute atomic E-state index is 2.39. The molecule has 266 valence electrons. The zero-order valence-corrected chi connectivity index (χ0v) is 33.7. The monoisotopic (exact) mass is 682 g/mol. The van der Waals surface area contributed by atoms with Crippen LogP contribution in [-0.2, 0) is 21.7 Å². The van der Waals surface area contributed by atoms with E-state index in [1.165, 1.54) is 77.9 Å². The minimum absolute atomic E-state index is 0.0207. The van der Waals surface area contributed by atoms with Crippen molar-refractivity contribution in [1.82, 2.24) is 0 Å². The van der Waals surface area contributed by atoms with Gasteiger partial charge in [0.05, 0.1) is 0 Å². The van der Waals surface area contributed by atoms with Crippen molar-refractivity contribution in [2.75, 3.05) is 0 Å². The van der Waals surface area contributed by atoms with Gasteiger partial charge in [-0.25, -0.2) is 0 Å². The fourth-order valence-corrected chi connectivity index (χ4v) is 6.88. The Bertz CT molecular complexity index is 2050. The Morgan fingerprint density at radius 1 is 0.212 bits per heavy atom. The van der Waals surface area contributed by atoms with E-state index in [1.54, 1.807) is 0 Å². The predicted octanol–water partition coefficient (Wildman–Crippen LogP) is 15.2. The van der Waals surface area contributed by atoms with Gasteiger partial charge in [-0.1, -0.05) is 192 Å². The van der Waals surface area contributed by atoms with Gasteiger partial charge in [-0.15, -0.1) is 0 Å². The summed E-state index contributed by atoms with van der Waals surface area (Å²) in [6, 6.07) is 50.6. The molecule has 0 N–H and O–H groups in total. The van der Waals surface area contributed by atoms with Crippen LogP contribution < -0.4 is 0 Å². The molecule has 0 radical (unpaired) electrons. The van der Waals surface area contributed by atoms with Crippen LogP contribution in [0, 0.1) is 0 Å². The first-order chi connectivity index (χ1) is 24.3. The van der Waals surface area contributed by atoms with Gasteiger partial charge in [0, 0.05) is 0 Å². The molecule has 6 aromatic carbocycles. The molecule has 0 fully saturated rings. The average molecular weight is 683 g/mol. The van der Waals surface area contributed by atoms with Gasteiger partial charge in [-0.3, -0.25) is 0 Å². The number of hydrogen-bond donors (Lipinski definition) is 0. The van der Waals surface area contributed by atoms with Crippen LogP contribution >= 0.6 is 0 Å². The van der Waals surface area contributed by atoms with Crippen molar-refractivity contribution in [3.05, 3.63) is 156 Å². The summed E-state index contributed by atoms with van der Waals surface area (Å²) in [7, 11) is 0. The highest BCUT2D eigenvalue weighted by Gasteiger charge is 2.21. The molecule has 0 aliphatic carbocycles. The van der Waals surface area contributed by atoms with Crippen LogP contribution in [0.5, 0.6) is 0 Å². The average Bonchev–Trinajstić information content (AvgIpc) is 3.10. The van der Waals surface area contributed by atoms with E-state index in [0.717, 1.165) is 0 Å². The third-order valence-electron chi connectivity index (χ3n) is 10.4. The molecular weight excluding hydrogens is 625 g/mol. The molecule has 0 unspecified atom stereocenters. The Hall–Kier alpha value is -4.68. The van der Waals surface area contributed by atoms with Crippen molar-refractivity contribution in [3.63, 3.8) is 0 Å². The van der Waals surface area contributed by atoms with E-state index in [9.17, 15) is 0 Å². The highest BCUT2D eigenvalue weighted by Crippen LogP contribution is 2.39. The summed E-state index contributed by atoms with van der Waals surface area (Å²) in [5.74, 6) is 0. The van der Waals surface area contributed by atoms with Crippen LogP contribution in [0.3, 0.4) is 0 Å². The summed E-state index contributed by atoms with van der Waals surface area (Å²) in [4.78, 5) is 0. The normalized spacial score (nSPS) is 12.6. The third kappa shape index (κ3) is 8.34. The van der Waals surface area contributed by atoms with E-state index in [4.69, 9.17) is 0 Å². The molecule has 0 heterocycles. The van der Waals surface area contributed by atoms with Gasteiger partial charge in [-0.05, 0) is 124 Å². The van der Waals surface area contributed by atoms with E-state index in [2.05, 4.69) is 217 Å². The fraction of sp³-hybridized carbons (Fsp3) is 0.308. The lowest BCUT2D eigenvalue weighted by Crippen LogP contribution is -2.12. The summed E-state index contributed by atoms with van der Waals surface area (Å²) in [6.07, 6.45) is 0. The molecule has 0 saturated carbocycles. The largest absolute Gasteiger partial charge is 0.0614 e. The smallest absolute Gasteiger partial charge is 0.0131 e. The Balaban J connectivity index is 1.43. The van der Waals surface area contributed by atoms with Crippen molar-refractivity contribution >= 4 is 0 Å². The maximum Gasteiger partial charge on any atom is -0.0131 e. The quantitative estimate of drug-likeness (QED) is 0.170. The predicted molar refractivity (Wildman–Crippen MR) is 228 cm³/mol. The van der Waals surface area contributed by atoms with Crippen LogP contribution in [0.25, 0.3) is 55.6 Å². The van der Waals surface area contributed by atoms with E-state index < -0.39 is 0 Å². The lowest BCUT2D eigenvalue weighted by molar-refractivity contribution is 0.589. The molecule has 0 bridgehead atoms. The highest BCUT2D eigenvalue weighted by atomic mass is 14.3. The summed E-state index contributed by atoms with van der Waals surface area (Å²) < 4.78 is 0. The highest BCUT2D eigenvalue weighted by molar-refractivity contribution is 5.81. The molecule has 6 rings (SSSR count). The lowest BCUT2D eigenvalue weighted by atomic mass is 9.81. The summed E-state index contributed by atoms with van der Waals surface area (Å²) in [5, 5.41) is 0. The molecule has 0 saturated heterocycles. The topological polar surface area (TPSA) is 0 Å². The Kier molecular flexibility index (Phi) is 9.77. The van der Waals surface area contributed by atoms with Crippen LogP contribution in [-0.4, -0.2) is 0 Å². The molecule has 6 aromatic rings. The van der Waals surface area contributed by atoms with Crippen molar-refractivity contribution in [3.8, 4) is 55.6 Å². The van der Waals surface area contributed by atoms with Crippen LogP contribution in [0.1, 0.15) is 105 Å². The molecule has 0 nitrogen and oxygen atoms in total. The molecule has 0 aliphatic heterocycles. The zero-order valence-electron chi connectivity index (χ0n) is 33.7. The number of hydrogen-bond acceptors (Lipinski definition) is 0. The van der Waals surface area contributed by atoms with Gasteiger partial charge >= 0.3 is 0 Å². The first-order valence-electron chi connectivity index (χ1n) is 19.0. The van der Waals surface area contributed by atoms with E-state index >= 15 is 0 Å². The van der Waals surface area contributed by atoms with Gasteiger partial charge in [0.25, 0.3) is 0 Å². The Morgan fingerprint density at radius 3 is 0.673 bits per heavy atom. The summed E-state index contributed by atoms with van der Waals surface area (Å²) in [5.41, 5.74) is 18.1. The van der Waals surface area contributed by atoms with Crippen LogP contribution in [0.4, 0.5) is 0 Å². The molecule has 0 atom stereocenters. The first kappa shape index (κ1) is 37.1. The minimum Gasteiger partial charge on any atom is -0.0614 e. The van der Waals surface area contributed by atoms with E-state index in [1.807, 2.05) is 0 Å². The standard InChI is InChI=1S/C52H58/c1-49(2,3)45-23-15-21-39(29-45)43-27-41(31-47(33-43)51(7,8)9)37-19-13-17-35(25-37)36-18-14-20-38(26-36)42-28-44(34-48(32-42)52(10,11)12)40-22-16-24-46(30-40)50(4,5)6/h13-34H,1-12H3. The molecule has 52 heavy (non-hydrogen) atoms. The van der Waals surface area contributed by atoms with Gasteiger partial charge in [0.1, 0.15) is 0 Å². The molecule has 0 spiro atoms. The first-order valence-corrected chi connectivity index (χ1v) is 19.0. The van der Waals surface area contributed by atoms with Gasteiger partial charge in [-0.2, -0.15) is 0 Å². The van der Waals surface area contributed by atoms with Crippen molar-refractivity contribution in [2.45, 2.75) is 105 Å². The Labute approximate surface area is 315 Å².